The topological polar surface area (TPSA) is 0 Å². The Balaban J connectivity index is 0.000000492. The predicted molar refractivity (Wildman–Crippen MR) is 81.0 cm³/mol. The van der Waals surface area contributed by atoms with E-state index in [0.29, 0.717) is 0 Å². The zero-order valence-corrected chi connectivity index (χ0v) is 12.9. The molecule has 4 heteroatoms. The fraction of sp³-hybridized carbons (Fsp3) is 0. The molecule has 0 nitrogen and oxygen atoms in total. The molecule has 0 saturated carbocycles. The van der Waals surface area contributed by atoms with Gasteiger partial charge in [-0.05, 0) is 18.5 Å². The molecule has 0 radical (unpaired) electrons. The number of benzene rings is 2. The third-order valence-electron chi connectivity index (χ3n) is 2.25. The fourth-order valence-electron chi connectivity index (χ4n) is 1.54. The molecular formula is C14H13Cl2CuP. The van der Waals surface area contributed by atoms with Gasteiger partial charge in [0.05, 0.1) is 0 Å². The second kappa shape index (κ2) is 9.61. The van der Waals surface area contributed by atoms with Crippen LogP contribution in [0.3, 0.4) is 0 Å². The molecule has 2 aromatic rings. The van der Waals surface area contributed by atoms with Gasteiger partial charge in [0.1, 0.15) is 0 Å². The second-order valence-electron chi connectivity index (χ2n) is 3.27. The Morgan fingerprint density at radius 1 is 0.833 bits per heavy atom. The van der Waals surface area contributed by atoms with Crippen LogP contribution in [0.15, 0.2) is 73.1 Å². The van der Waals surface area contributed by atoms with Gasteiger partial charge < -0.3 is 0 Å². The van der Waals surface area contributed by atoms with Crippen molar-refractivity contribution in [3.8, 4) is 0 Å². The van der Waals surface area contributed by atoms with E-state index >= 15 is 0 Å². The standard InChI is InChI=1S/C14H13P.2ClH.Cu/c1-2-15(13-9-5-3-6-10-13)14-11-7-4-8-12-14;;;/h2-12H,1H2;2*1H;/q;;;+2/p-2. The minimum atomic E-state index is -0.385. The molecule has 0 spiro atoms. The van der Waals surface area contributed by atoms with E-state index < -0.39 is 0 Å². The Kier molecular flexibility index (Phi) is 8.42. The van der Waals surface area contributed by atoms with Crippen molar-refractivity contribution in [2.45, 2.75) is 0 Å². The summed E-state index contributed by atoms with van der Waals surface area (Å²) >= 11 is 0.757. The third kappa shape index (κ3) is 5.14. The van der Waals surface area contributed by atoms with Crippen molar-refractivity contribution in [3.05, 3.63) is 73.1 Å². The van der Waals surface area contributed by atoms with Crippen LogP contribution in [-0.4, -0.2) is 0 Å². The summed E-state index contributed by atoms with van der Waals surface area (Å²) < 4.78 is 0. The summed E-state index contributed by atoms with van der Waals surface area (Å²) in [6.07, 6.45) is 0. The SMILES string of the molecule is C=CP(c1ccccc1)c1ccccc1.[Cl][Cu][Cl]. The van der Waals surface area contributed by atoms with E-state index in [1.54, 1.807) is 0 Å². The van der Waals surface area contributed by atoms with Crippen molar-refractivity contribution in [2.75, 3.05) is 0 Å². The van der Waals surface area contributed by atoms with Gasteiger partial charge in [0, 0.05) is 0 Å². The van der Waals surface area contributed by atoms with E-state index in [1.165, 1.54) is 10.6 Å². The van der Waals surface area contributed by atoms with Gasteiger partial charge in [0.15, 0.2) is 0 Å². The van der Waals surface area contributed by atoms with Crippen molar-refractivity contribution in [1.29, 1.82) is 0 Å². The molecule has 0 unspecified atom stereocenters. The van der Waals surface area contributed by atoms with Crippen LogP contribution in [0.25, 0.3) is 0 Å². The van der Waals surface area contributed by atoms with Crippen LogP contribution in [0, 0.1) is 0 Å². The Morgan fingerprint density at radius 2 is 1.17 bits per heavy atom. The van der Waals surface area contributed by atoms with Crippen LogP contribution in [0.2, 0.25) is 0 Å². The second-order valence-corrected chi connectivity index (χ2v) is 6.96. The average Bonchev–Trinajstić information content (AvgIpc) is 2.43. The molecular weight excluding hydrogens is 334 g/mol. The van der Waals surface area contributed by atoms with E-state index in [-0.39, 0.29) is 7.92 Å². The molecule has 18 heavy (non-hydrogen) atoms. The van der Waals surface area contributed by atoms with E-state index in [1.807, 2.05) is 12.1 Å². The predicted octanol–water partition coefficient (Wildman–Crippen LogP) is 4.64. The van der Waals surface area contributed by atoms with Crippen molar-refractivity contribution < 1.29 is 13.1 Å². The summed E-state index contributed by atoms with van der Waals surface area (Å²) in [5.74, 6) is 2.06. The molecule has 0 fully saturated rings. The van der Waals surface area contributed by atoms with E-state index in [9.17, 15) is 0 Å². The molecule has 2 rings (SSSR count). The first-order chi connectivity index (χ1) is 8.83. The normalized spacial score (nSPS) is 9.72. The van der Waals surface area contributed by atoms with Gasteiger partial charge in [-0.1, -0.05) is 73.1 Å². The number of hydrogen-bond acceptors (Lipinski definition) is 0. The first-order valence-electron chi connectivity index (χ1n) is 5.16. The van der Waals surface area contributed by atoms with Gasteiger partial charge in [0.2, 0.25) is 0 Å². The molecule has 2 aromatic carbocycles. The van der Waals surface area contributed by atoms with Gasteiger partial charge in [-0.3, -0.25) is 0 Å². The molecule has 0 aliphatic rings. The zero-order chi connectivity index (χ0) is 13.2. The van der Waals surface area contributed by atoms with Crippen molar-refractivity contribution in [1.82, 2.24) is 0 Å². The molecule has 0 atom stereocenters. The summed E-state index contributed by atoms with van der Waals surface area (Å²) in [6, 6.07) is 21.1. The molecule has 0 aliphatic carbocycles. The zero-order valence-electron chi connectivity index (χ0n) is 9.56. The molecule has 0 bridgehead atoms. The molecule has 0 amide bonds. The third-order valence-corrected chi connectivity index (χ3v) is 4.33. The number of hydrogen-bond donors (Lipinski definition) is 0. The average molecular weight is 347 g/mol. The first-order valence-corrected chi connectivity index (χ1v) is 9.17. The van der Waals surface area contributed by atoms with Crippen LogP contribution in [0.4, 0.5) is 0 Å². The van der Waals surface area contributed by atoms with Gasteiger partial charge in [-0.2, -0.15) is 0 Å². The van der Waals surface area contributed by atoms with Crippen LogP contribution >= 0.6 is 28.1 Å². The van der Waals surface area contributed by atoms with Crippen LogP contribution in [-0.2, 0) is 13.1 Å². The Hall–Kier alpha value is -0.291. The van der Waals surface area contributed by atoms with Gasteiger partial charge >= 0.3 is 33.3 Å². The molecule has 0 heterocycles. The van der Waals surface area contributed by atoms with E-state index in [2.05, 4.69) is 81.1 Å². The van der Waals surface area contributed by atoms with Crippen LogP contribution in [0.5, 0.6) is 0 Å². The Morgan fingerprint density at radius 3 is 1.44 bits per heavy atom. The quantitative estimate of drug-likeness (QED) is 0.561. The number of halogens is 2. The maximum atomic E-state index is 4.67. The maximum absolute atomic E-state index is 4.67. The summed E-state index contributed by atoms with van der Waals surface area (Å²) in [5, 5.41) is 2.71. The van der Waals surface area contributed by atoms with E-state index in [0.717, 1.165) is 13.1 Å². The van der Waals surface area contributed by atoms with Crippen molar-refractivity contribution >= 4 is 38.7 Å². The van der Waals surface area contributed by atoms with Crippen LogP contribution in [0.1, 0.15) is 0 Å². The van der Waals surface area contributed by atoms with Gasteiger partial charge in [-0.25, -0.2) is 0 Å². The molecule has 0 N–H and O–H groups in total. The van der Waals surface area contributed by atoms with Crippen molar-refractivity contribution in [2.24, 2.45) is 0 Å². The van der Waals surface area contributed by atoms with Gasteiger partial charge in [0.25, 0.3) is 0 Å². The fourth-order valence-corrected chi connectivity index (χ4v) is 3.24. The van der Waals surface area contributed by atoms with Crippen LogP contribution < -0.4 is 10.6 Å². The summed E-state index contributed by atoms with van der Waals surface area (Å²) in [7, 11) is 8.96. The molecule has 99 valence electrons. The van der Waals surface area contributed by atoms with Gasteiger partial charge in [-0.15, -0.1) is 0 Å². The van der Waals surface area contributed by atoms with Crippen molar-refractivity contribution in [3.63, 3.8) is 0 Å². The number of rotatable bonds is 3. The van der Waals surface area contributed by atoms with E-state index in [4.69, 9.17) is 0 Å². The summed E-state index contributed by atoms with van der Waals surface area (Å²) in [4.78, 5) is 0. The Labute approximate surface area is 124 Å². The molecule has 0 saturated heterocycles. The molecule has 0 aromatic heterocycles. The summed E-state index contributed by atoms with van der Waals surface area (Å²) in [6.45, 7) is 3.94. The Bertz CT molecular complexity index is 408. The summed E-state index contributed by atoms with van der Waals surface area (Å²) in [5.41, 5.74) is 0. The first kappa shape index (κ1) is 15.8. The monoisotopic (exact) mass is 345 g/mol. The molecule has 0 aliphatic heterocycles. The minimum absolute atomic E-state index is 0.385.